The van der Waals surface area contributed by atoms with E-state index in [1.165, 1.54) is 24.3 Å². The van der Waals surface area contributed by atoms with E-state index < -0.39 is 50.9 Å². The summed E-state index contributed by atoms with van der Waals surface area (Å²) >= 11 is 3.14. The Balaban J connectivity index is 1.32. The smallest absolute Gasteiger partial charge is 0.268 e. The lowest BCUT2D eigenvalue weighted by Crippen LogP contribution is -2.20. The second-order valence-electron chi connectivity index (χ2n) is 10.4. The Morgan fingerprint density at radius 1 is 0.933 bits per heavy atom. The Bertz CT molecular complexity index is 2150. The average molecular weight is 701 g/mol. The third-order valence-electron chi connectivity index (χ3n) is 7.49. The first-order chi connectivity index (χ1) is 21.4. The molecule has 1 aliphatic heterocycles. The van der Waals surface area contributed by atoms with Crippen molar-refractivity contribution in [2.75, 3.05) is 5.01 Å². The Morgan fingerprint density at radius 2 is 1.67 bits per heavy atom. The second-order valence-corrected chi connectivity index (χ2v) is 13.1. The molecule has 0 spiro atoms. The van der Waals surface area contributed by atoms with Crippen LogP contribution < -0.4 is 9.75 Å². The summed E-state index contributed by atoms with van der Waals surface area (Å²) in [5, 5.41) is 4.81. The van der Waals surface area contributed by atoms with Crippen LogP contribution >= 0.6 is 15.9 Å². The number of benzene rings is 4. The minimum Gasteiger partial charge on any atom is -0.451 e. The standard InChI is InChI=1S/C32H22BrF4N3O4S/c1-17-6-9-20(10-7-17)45(42,43)39-13-12-22-27(39)15-25(35)32(31(22)37)44-19-8-11-24(34)28(14-19)40-29(41)16-26(38-40)18(2)21-4-3-5-23(33)30(21)36/h3-15,18H,16H2,1-2H3. The van der Waals surface area contributed by atoms with Crippen molar-refractivity contribution < 1.29 is 35.5 Å². The fraction of sp³-hybridized carbons (Fsp3) is 0.125. The van der Waals surface area contributed by atoms with Crippen LogP contribution in [0.15, 0.2) is 93.5 Å². The first kappa shape index (κ1) is 30.5. The molecule has 2 heterocycles. The number of aryl methyl sites for hydroxylation is 1. The van der Waals surface area contributed by atoms with Gasteiger partial charge in [0.1, 0.15) is 23.1 Å². The minimum absolute atomic E-state index is 0.0657. The fourth-order valence-corrected chi connectivity index (χ4v) is 6.76. The fourth-order valence-electron chi connectivity index (χ4n) is 5.04. The van der Waals surface area contributed by atoms with Crippen LogP contribution in [-0.2, 0) is 14.8 Å². The summed E-state index contributed by atoms with van der Waals surface area (Å²) in [5.74, 6) is -6.07. The minimum atomic E-state index is -4.17. The molecule has 0 N–H and O–H groups in total. The maximum Gasteiger partial charge on any atom is 0.268 e. The molecule has 0 radical (unpaired) electrons. The number of halogens is 5. The molecule has 230 valence electrons. The largest absolute Gasteiger partial charge is 0.451 e. The highest BCUT2D eigenvalue weighted by atomic mass is 79.9. The average Bonchev–Trinajstić information content (AvgIpc) is 3.61. The molecule has 0 saturated heterocycles. The number of amides is 1. The van der Waals surface area contributed by atoms with E-state index in [0.29, 0.717) is 0 Å². The van der Waals surface area contributed by atoms with Crippen molar-refractivity contribution >= 4 is 54.2 Å². The van der Waals surface area contributed by atoms with E-state index in [4.69, 9.17) is 4.74 Å². The molecule has 0 saturated carbocycles. The molecule has 1 unspecified atom stereocenters. The van der Waals surface area contributed by atoms with E-state index in [-0.39, 0.29) is 49.4 Å². The number of anilines is 1. The summed E-state index contributed by atoms with van der Waals surface area (Å²) in [4.78, 5) is 12.8. The third-order valence-corrected chi connectivity index (χ3v) is 9.81. The van der Waals surface area contributed by atoms with E-state index >= 15 is 8.78 Å². The summed E-state index contributed by atoms with van der Waals surface area (Å²) in [6.45, 7) is 3.46. The molecule has 1 atom stereocenters. The molecule has 1 aromatic heterocycles. The molecule has 0 aliphatic carbocycles. The van der Waals surface area contributed by atoms with Gasteiger partial charge >= 0.3 is 0 Å². The van der Waals surface area contributed by atoms with Gasteiger partial charge in [-0.1, -0.05) is 36.8 Å². The number of carbonyl (C=O) groups is 1. The van der Waals surface area contributed by atoms with Crippen LogP contribution in [0.25, 0.3) is 10.9 Å². The molecule has 7 nitrogen and oxygen atoms in total. The van der Waals surface area contributed by atoms with Gasteiger partial charge in [-0.2, -0.15) is 10.1 Å². The number of hydrazone groups is 1. The van der Waals surface area contributed by atoms with Gasteiger partial charge in [-0.25, -0.2) is 30.0 Å². The molecule has 4 aromatic carbocycles. The first-order valence-corrected chi connectivity index (χ1v) is 15.7. The van der Waals surface area contributed by atoms with Crippen molar-refractivity contribution in [1.82, 2.24) is 3.97 Å². The Hall–Kier alpha value is -4.49. The van der Waals surface area contributed by atoms with Crippen LogP contribution in [0.2, 0.25) is 0 Å². The Morgan fingerprint density at radius 3 is 2.40 bits per heavy atom. The van der Waals surface area contributed by atoms with Crippen molar-refractivity contribution in [2.45, 2.75) is 31.1 Å². The van der Waals surface area contributed by atoms with E-state index in [9.17, 15) is 22.0 Å². The molecule has 0 fully saturated rings. The summed E-state index contributed by atoms with van der Waals surface area (Å²) in [5.41, 5.74) is 0.818. The Kier molecular flexibility index (Phi) is 7.77. The summed E-state index contributed by atoms with van der Waals surface area (Å²) < 4.78 is 93.5. The predicted octanol–water partition coefficient (Wildman–Crippen LogP) is 8.19. The topological polar surface area (TPSA) is 81.0 Å². The van der Waals surface area contributed by atoms with E-state index in [2.05, 4.69) is 21.0 Å². The second kappa shape index (κ2) is 11.5. The lowest BCUT2D eigenvalue weighted by atomic mass is 9.94. The van der Waals surface area contributed by atoms with Crippen LogP contribution in [0.4, 0.5) is 23.2 Å². The van der Waals surface area contributed by atoms with Gasteiger partial charge in [0.2, 0.25) is 0 Å². The number of hydrogen-bond donors (Lipinski definition) is 0. The molecule has 13 heteroatoms. The zero-order valence-corrected chi connectivity index (χ0v) is 26.0. The first-order valence-electron chi connectivity index (χ1n) is 13.5. The van der Waals surface area contributed by atoms with Gasteiger partial charge in [-0.15, -0.1) is 0 Å². The van der Waals surface area contributed by atoms with E-state index in [1.54, 1.807) is 38.1 Å². The van der Waals surface area contributed by atoms with Crippen molar-refractivity contribution in [1.29, 1.82) is 0 Å². The van der Waals surface area contributed by atoms with Gasteiger partial charge in [0.25, 0.3) is 15.9 Å². The highest BCUT2D eigenvalue weighted by molar-refractivity contribution is 9.10. The summed E-state index contributed by atoms with van der Waals surface area (Å²) in [7, 11) is -4.17. The number of fused-ring (bicyclic) bond motifs is 1. The zero-order chi connectivity index (χ0) is 32.2. The summed E-state index contributed by atoms with van der Waals surface area (Å²) in [6, 6.07) is 15.8. The van der Waals surface area contributed by atoms with E-state index in [0.717, 1.165) is 45.0 Å². The molecule has 0 bridgehead atoms. The molecule has 6 rings (SSSR count). The molecule has 1 amide bonds. The molecular weight excluding hydrogens is 678 g/mol. The monoisotopic (exact) mass is 699 g/mol. The van der Waals surface area contributed by atoms with Gasteiger partial charge in [0.15, 0.2) is 17.4 Å². The lowest BCUT2D eigenvalue weighted by Gasteiger charge is -2.16. The summed E-state index contributed by atoms with van der Waals surface area (Å²) in [6.07, 6.45) is 0.901. The van der Waals surface area contributed by atoms with Crippen LogP contribution in [0, 0.1) is 30.2 Å². The van der Waals surface area contributed by atoms with Crippen molar-refractivity contribution in [2.24, 2.45) is 5.10 Å². The maximum atomic E-state index is 15.6. The zero-order valence-electron chi connectivity index (χ0n) is 23.6. The maximum absolute atomic E-state index is 15.6. The molecular formula is C32H22BrF4N3O4S. The lowest BCUT2D eigenvalue weighted by molar-refractivity contribution is -0.117. The SMILES string of the molecule is Cc1ccc(S(=O)(=O)n2ccc3c(F)c(Oc4ccc(F)c(N5N=C(C(C)c6cccc(Br)c6F)CC5=O)c4)c(F)cc32)cc1. The van der Waals surface area contributed by atoms with E-state index in [1.807, 2.05) is 0 Å². The van der Waals surface area contributed by atoms with Crippen LogP contribution in [-0.4, -0.2) is 24.0 Å². The van der Waals surface area contributed by atoms with Gasteiger partial charge in [-0.05, 0) is 64.8 Å². The molecule has 5 aromatic rings. The Labute approximate surface area is 263 Å². The van der Waals surface area contributed by atoms with Gasteiger partial charge in [0, 0.05) is 29.6 Å². The molecule has 45 heavy (non-hydrogen) atoms. The van der Waals surface area contributed by atoms with Crippen molar-refractivity contribution in [3.63, 3.8) is 0 Å². The molecule has 1 aliphatic rings. The normalized spacial score (nSPS) is 14.2. The van der Waals surface area contributed by atoms with Crippen molar-refractivity contribution in [3.8, 4) is 11.5 Å². The predicted molar refractivity (Wildman–Crippen MR) is 164 cm³/mol. The van der Waals surface area contributed by atoms with Crippen LogP contribution in [0.5, 0.6) is 11.5 Å². The number of hydrogen-bond acceptors (Lipinski definition) is 5. The van der Waals surface area contributed by atoms with Crippen LogP contribution in [0.3, 0.4) is 0 Å². The van der Waals surface area contributed by atoms with Gasteiger partial charge in [0.05, 0.1) is 27.0 Å². The number of aromatic nitrogens is 1. The highest BCUT2D eigenvalue weighted by Crippen LogP contribution is 2.38. The van der Waals surface area contributed by atoms with Gasteiger partial charge < -0.3 is 4.74 Å². The highest BCUT2D eigenvalue weighted by Gasteiger charge is 2.32. The number of rotatable bonds is 7. The number of nitrogens with zero attached hydrogens (tertiary/aromatic N) is 3. The van der Waals surface area contributed by atoms with Crippen LogP contribution in [0.1, 0.15) is 30.4 Å². The number of carbonyl (C=O) groups excluding carboxylic acids is 1. The quantitative estimate of drug-likeness (QED) is 0.161. The third kappa shape index (κ3) is 5.39. The van der Waals surface area contributed by atoms with Crippen molar-refractivity contribution in [3.05, 3.63) is 118 Å². The number of ether oxygens (including phenoxy) is 1. The van der Waals surface area contributed by atoms with Gasteiger partial charge in [-0.3, -0.25) is 4.79 Å².